The van der Waals surface area contributed by atoms with E-state index in [0.29, 0.717) is 22.1 Å². The largest absolute Gasteiger partial charge is 0.387 e. The lowest BCUT2D eigenvalue weighted by Gasteiger charge is -2.16. The van der Waals surface area contributed by atoms with Gasteiger partial charge in [-0.2, -0.15) is 0 Å². The van der Waals surface area contributed by atoms with Crippen molar-refractivity contribution in [1.82, 2.24) is 29.8 Å². The topological polar surface area (TPSA) is 177 Å². The number of nitrogens with two attached hydrogens (primary N) is 1. The number of thioether (sulfide) groups is 1. The molecule has 1 amide bonds. The van der Waals surface area contributed by atoms with E-state index in [9.17, 15) is 15.0 Å². The number of aromatic nitrogens is 5. The minimum Gasteiger partial charge on any atom is -0.387 e. The van der Waals surface area contributed by atoms with E-state index in [-0.39, 0.29) is 23.9 Å². The molecule has 156 valence electrons. The number of carbonyl (C=O) groups excluding carboxylic acids is 1. The van der Waals surface area contributed by atoms with Crippen LogP contribution in [0, 0.1) is 0 Å². The average molecular weight is 430 g/mol. The fraction of sp³-hybridized carbons (Fsp3) is 0.353. The number of hydrogen-bond donors (Lipinski definition) is 5. The number of nitrogens with zero attached hydrogens (tertiary/aromatic N) is 5. The van der Waals surface area contributed by atoms with Crippen molar-refractivity contribution in [2.75, 3.05) is 11.5 Å². The highest BCUT2D eigenvalue weighted by atomic mass is 32.2. The van der Waals surface area contributed by atoms with Crippen LogP contribution in [-0.4, -0.2) is 69.9 Å². The number of fused-ring (bicyclic) bond motifs is 2. The number of aliphatic imine (C=N–C) groups is 1. The van der Waals surface area contributed by atoms with Crippen LogP contribution in [0.4, 0.5) is 11.6 Å². The second-order valence-electron chi connectivity index (χ2n) is 6.93. The molecule has 1 fully saturated rings. The predicted molar refractivity (Wildman–Crippen MR) is 108 cm³/mol. The van der Waals surface area contributed by atoms with Crippen molar-refractivity contribution < 1.29 is 19.7 Å². The highest BCUT2D eigenvalue weighted by Crippen LogP contribution is 2.33. The Labute approximate surface area is 173 Å². The Balaban J connectivity index is 1.33. The molecule has 0 saturated carbocycles. The molecule has 0 aromatic carbocycles. The van der Waals surface area contributed by atoms with Crippen molar-refractivity contribution in [1.29, 1.82) is 0 Å². The first-order valence-electron chi connectivity index (χ1n) is 9.13. The quantitative estimate of drug-likeness (QED) is 0.365. The third kappa shape index (κ3) is 3.21. The van der Waals surface area contributed by atoms with E-state index >= 15 is 0 Å². The van der Waals surface area contributed by atoms with Gasteiger partial charge in [0, 0.05) is 17.5 Å². The SMILES string of the molecule is Nc1ncnc2c1ncn2[C@@H]1O[C@H](CSC2=Nc3[nH]ccc3CC(=O)N2)[C@@H](O)[C@H]1O. The van der Waals surface area contributed by atoms with Gasteiger partial charge in [0.1, 0.15) is 29.9 Å². The lowest BCUT2D eigenvalue weighted by molar-refractivity contribution is -0.118. The number of aliphatic hydroxyl groups excluding tert-OH is 2. The lowest BCUT2D eigenvalue weighted by atomic mass is 10.1. The molecule has 4 atom stereocenters. The molecule has 1 saturated heterocycles. The van der Waals surface area contributed by atoms with Crippen LogP contribution in [0.2, 0.25) is 0 Å². The number of nitrogens with one attached hydrogen (secondary N) is 2. The molecular formula is C17H18N8O4S. The van der Waals surface area contributed by atoms with Crippen molar-refractivity contribution in [3.63, 3.8) is 0 Å². The summed E-state index contributed by atoms with van der Waals surface area (Å²) < 4.78 is 7.42. The summed E-state index contributed by atoms with van der Waals surface area (Å²) in [5.74, 6) is 0.911. The zero-order chi connectivity index (χ0) is 20.8. The van der Waals surface area contributed by atoms with E-state index in [1.54, 1.807) is 6.20 Å². The van der Waals surface area contributed by atoms with E-state index in [1.807, 2.05) is 6.07 Å². The van der Waals surface area contributed by atoms with E-state index in [1.165, 1.54) is 29.0 Å². The number of carbonyl (C=O) groups is 1. The van der Waals surface area contributed by atoms with E-state index in [0.717, 1.165) is 5.56 Å². The Kier molecular flexibility index (Phi) is 4.66. The number of ether oxygens (including phenoxy) is 1. The molecule has 0 bridgehead atoms. The Morgan fingerprint density at radius 2 is 2.17 bits per heavy atom. The lowest BCUT2D eigenvalue weighted by Crippen LogP contribution is -2.34. The minimum absolute atomic E-state index is 0.174. The van der Waals surface area contributed by atoms with Gasteiger partial charge in [-0.3, -0.25) is 9.36 Å². The standard InChI is InChI=1S/C17H18N8O4S/c18-13-10-15(21-5-20-13)25(6-22-10)16-12(28)11(27)8(29-16)4-30-17-23-9(26)3-7-1-2-19-14(7)24-17/h1-2,5-6,8,11-12,16,19,27-28H,3-4H2,(H2,18,20,21)(H,23,24,26)/t8-,11-,12-,16-/m1/s1. The van der Waals surface area contributed by atoms with Gasteiger partial charge in [0.2, 0.25) is 5.91 Å². The Morgan fingerprint density at radius 3 is 3.03 bits per heavy atom. The number of nitrogen functional groups attached to an aromatic ring is 1. The van der Waals surface area contributed by atoms with Gasteiger partial charge in [-0.15, -0.1) is 0 Å². The highest BCUT2D eigenvalue weighted by molar-refractivity contribution is 8.13. The first-order chi connectivity index (χ1) is 14.5. The number of rotatable bonds is 3. The van der Waals surface area contributed by atoms with Gasteiger partial charge in [-0.05, 0) is 6.07 Å². The van der Waals surface area contributed by atoms with Crippen LogP contribution in [0.5, 0.6) is 0 Å². The molecule has 2 aliphatic heterocycles. The summed E-state index contributed by atoms with van der Waals surface area (Å²) >= 11 is 1.22. The predicted octanol–water partition coefficient (Wildman–Crippen LogP) is -0.551. The molecule has 0 aliphatic carbocycles. The molecule has 0 unspecified atom stereocenters. The Morgan fingerprint density at radius 1 is 1.30 bits per heavy atom. The van der Waals surface area contributed by atoms with Crippen LogP contribution in [0.15, 0.2) is 29.9 Å². The fourth-order valence-electron chi connectivity index (χ4n) is 3.49. The summed E-state index contributed by atoms with van der Waals surface area (Å²) in [4.78, 5) is 31.7. The maximum absolute atomic E-state index is 12.1. The number of hydrogen-bond acceptors (Lipinski definition) is 10. The van der Waals surface area contributed by atoms with Crippen LogP contribution in [0.25, 0.3) is 11.2 Å². The van der Waals surface area contributed by atoms with Gasteiger partial charge in [-0.1, -0.05) is 11.8 Å². The number of anilines is 1. The van der Waals surface area contributed by atoms with Crippen molar-refractivity contribution in [2.45, 2.75) is 31.0 Å². The molecule has 12 nitrogen and oxygen atoms in total. The van der Waals surface area contributed by atoms with Crippen LogP contribution >= 0.6 is 11.8 Å². The van der Waals surface area contributed by atoms with Gasteiger partial charge in [0.05, 0.1) is 18.9 Å². The first-order valence-corrected chi connectivity index (χ1v) is 10.1. The van der Waals surface area contributed by atoms with E-state index in [4.69, 9.17) is 10.5 Å². The molecule has 5 heterocycles. The molecule has 6 N–H and O–H groups in total. The molecule has 13 heteroatoms. The molecule has 30 heavy (non-hydrogen) atoms. The highest BCUT2D eigenvalue weighted by Gasteiger charge is 2.44. The maximum Gasteiger partial charge on any atom is 0.230 e. The molecule has 0 spiro atoms. The molecular weight excluding hydrogens is 412 g/mol. The molecule has 3 aromatic heterocycles. The number of H-pyrrole nitrogens is 1. The van der Waals surface area contributed by atoms with Gasteiger partial charge in [0.15, 0.2) is 22.9 Å². The molecule has 3 aromatic rings. The summed E-state index contributed by atoms with van der Waals surface area (Å²) in [5, 5.41) is 24.2. The van der Waals surface area contributed by atoms with Crippen molar-refractivity contribution in [3.05, 3.63) is 30.5 Å². The monoisotopic (exact) mass is 430 g/mol. The number of amidine groups is 1. The van der Waals surface area contributed by atoms with Crippen molar-refractivity contribution >= 4 is 45.6 Å². The third-order valence-corrected chi connectivity index (χ3v) is 5.96. The number of aromatic amines is 1. The van der Waals surface area contributed by atoms with Gasteiger partial charge in [0.25, 0.3) is 0 Å². The first kappa shape index (κ1) is 19.0. The Bertz CT molecular complexity index is 1140. The normalized spacial score (nSPS) is 26.3. The summed E-state index contributed by atoms with van der Waals surface area (Å²) in [6.45, 7) is 0. The van der Waals surface area contributed by atoms with Crippen LogP contribution in [0.1, 0.15) is 11.8 Å². The van der Waals surface area contributed by atoms with Gasteiger partial charge >= 0.3 is 0 Å². The molecule has 5 rings (SSSR count). The number of aliphatic hydroxyl groups is 2. The van der Waals surface area contributed by atoms with Gasteiger partial charge in [-0.25, -0.2) is 19.9 Å². The minimum atomic E-state index is -1.20. The van der Waals surface area contributed by atoms with E-state index < -0.39 is 24.5 Å². The summed E-state index contributed by atoms with van der Waals surface area (Å²) in [6, 6.07) is 1.81. The van der Waals surface area contributed by atoms with Crippen LogP contribution in [-0.2, 0) is 16.0 Å². The second kappa shape index (κ2) is 7.36. The number of amides is 1. The third-order valence-electron chi connectivity index (χ3n) is 5.00. The summed E-state index contributed by atoms with van der Waals surface area (Å²) in [5.41, 5.74) is 7.40. The average Bonchev–Trinajstić information content (AvgIpc) is 3.38. The zero-order valence-corrected chi connectivity index (χ0v) is 16.3. The van der Waals surface area contributed by atoms with Crippen molar-refractivity contribution in [3.8, 4) is 0 Å². The smallest absolute Gasteiger partial charge is 0.230 e. The van der Waals surface area contributed by atoms with Gasteiger partial charge < -0.3 is 31.0 Å². The van der Waals surface area contributed by atoms with Crippen LogP contribution in [0.3, 0.4) is 0 Å². The van der Waals surface area contributed by atoms with E-state index in [2.05, 4.69) is 30.2 Å². The summed E-state index contributed by atoms with van der Waals surface area (Å²) in [6.07, 6.45) is 0.729. The second-order valence-corrected chi connectivity index (χ2v) is 7.94. The molecule has 2 aliphatic rings. The zero-order valence-electron chi connectivity index (χ0n) is 15.5. The van der Waals surface area contributed by atoms with Crippen molar-refractivity contribution in [2.24, 2.45) is 4.99 Å². The van der Waals surface area contributed by atoms with Crippen LogP contribution < -0.4 is 11.1 Å². The number of imidazole rings is 1. The maximum atomic E-state index is 12.1. The molecule has 0 radical (unpaired) electrons. The fourth-order valence-corrected chi connectivity index (χ4v) is 4.43. The Hall–Kier alpha value is -3.00. The summed E-state index contributed by atoms with van der Waals surface area (Å²) in [7, 11) is 0.